The van der Waals surface area contributed by atoms with Crippen LogP contribution in [0.25, 0.3) is 0 Å². The first-order chi connectivity index (χ1) is 7.65. The Morgan fingerprint density at radius 3 is 2.88 bits per heavy atom. The molecule has 3 nitrogen and oxygen atoms in total. The molecule has 0 amide bonds. The topological polar surface area (TPSA) is 54.4 Å². The summed E-state index contributed by atoms with van der Waals surface area (Å²) in [6.45, 7) is 0. The minimum absolute atomic E-state index is 0.190. The molecule has 3 rings (SSSR count). The molecular weight excluding hydrogens is 204 g/mol. The van der Waals surface area contributed by atoms with Crippen LogP contribution in [0.4, 0.5) is 0 Å². The Balaban J connectivity index is 2.21. The van der Waals surface area contributed by atoms with Crippen molar-refractivity contribution in [1.82, 2.24) is 0 Å². The molecule has 0 radical (unpaired) electrons. The van der Waals surface area contributed by atoms with Gasteiger partial charge < -0.3 is 5.11 Å². The predicted molar refractivity (Wildman–Crippen MR) is 57.4 cm³/mol. The number of carboxylic acids is 1. The van der Waals surface area contributed by atoms with Crippen LogP contribution in [0.2, 0.25) is 0 Å². The lowest BCUT2D eigenvalue weighted by Gasteiger charge is -2.29. The maximum Gasteiger partial charge on any atom is 0.317 e. The van der Waals surface area contributed by atoms with Crippen molar-refractivity contribution < 1.29 is 14.7 Å². The molecule has 2 aliphatic rings. The lowest BCUT2D eigenvalue weighted by molar-refractivity contribution is -0.145. The minimum atomic E-state index is -1.13. The molecule has 0 saturated heterocycles. The number of hydrogen-bond acceptors (Lipinski definition) is 2. The number of Topliss-reactive ketones (excluding diaryl/α,β-unsaturated/α-hetero) is 1. The second kappa shape index (κ2) is 2.94. The average molecular weight is 216 g/mol. The first-order valence-corrected chi connectivity index (χ1v) is 5.52. The van der Waals surface area contributed by atoms with Crippen LogP contribution in [0.15, 0.2) is 24.3 Å². The molecule has 2 atom stereocenters. The van der Waals surface area contributed by atoms with E-state index in [4.69, 9.17) is 0 Å². The molecule has 2 aliphatic carbocycles. The zero-order valence-corrected chi connectivity index (χ0v) is 8.77. The molecule has 16 heavy (non-hydrogen) atoms. The summed E-state index contributed by atoms with van der Waals surface area (Å²) in [5, 5.41) is 9.29. The van der Waals surface area contributed by atoms with Gasteiger partial charge in [0.25, 0.3) is 0 Å². The van der Waals surface area contributed by atoms with E-state index in [2.05, 4.69) is 0 Å². The highest BCUT2D eigenvalue weighted by molar-refractivity contribution is 6.14. The highest BCUT2D eigenvalue weighted by atomic mass is 16.4. The van der Waals surface area contributed by atoms with E-state index in [-0.39, 0.29) is 11.7 Å². The van der Waals surface area contributed by atoms with Gasteiger partial charge in [-0.15, -0.1) is 0 Å². The SMILES string of the molecule is O=C(O)C12CCC(C1)c1ccccc1C2=O. The van der Waals surface area contributed by atoms with Gasteiger partial charge in [-0.2, -0.15) is 0 Å². The fourth-order valence-corrected chi connectivity index (χ4v) is 3.13. The number of aliphatic carboxylic acids is 1. The number of hydrogen-bond donors (Lipinski definition) is 1. The smallest absolute Gasteiger partial charge is 0.317 e. The number of benzene rings is 1. The molecule has 1 fully saturated rings. The van der Waals surface area contributed by atoms with Crippen molar-refractivity contribution in [2.45, 2.75) is 25.2 Å². The third kappa shape index (κ3) is 0.979. The number of rotatable bonds is 1. The van der Waals surface area contributed by atoms with Gasteiger partial charge in [0.15, 0.2) is 5.78 Å². The van der Waals surface area contributed by atoms with Crippen LogP contribution in [0.1, 0.15) is 41.1 Å². The molecule has 3 heteroatoms. The molecule has 1 aromatic carbocycles. The number of fused-ring (bicyclic) bond motifs is 4. The van der Waals surface area contributed by atoms with Crippen LogP contribution in [0.3, 0.4) is 0 Å². The lowest BCUT2D eigenvalue weighted by atomic mass is 9.72. The number of carboxylic acid groups (broad SMARTS) is 1. The second-order valence-corrected chi connectivity index (χ2v) is 4.74. The Kier molecular flexibility index (Phi) is 1.76. The van der Waals surface area contributed by atoms with Gasteiger partial charge in [0.2, 0.25) is 0 Å². The van der Waals surface area contributed by atoms with Gasteiger partial charge in [-0.25, -0.2) is 0 Å². The van der Waals surface area contributed by atoms with Crippen LogP contribution >= 0.6 is 0 Å². The molecule has 1 N–H and O–H groups in total. The standard InChI is InChI=1S/C13H12O3/c14-11-10-4-2-1-3-9(10)8-5-6-13(11,7-8)12(15)16/h1-4,8H,5-7H2,(H,15,16). The molecule has 0 heterocycles. The predicted octanol–water partition coefficient (Wildman–Crippen LogP) is 2.22. The summed E-state index contributed by atoms with van der Waals surface area (Å²) in [6, 6.07) is 7.43. The Bertz CT molecular complexity index is 492. The van der Waals surface area contributed by atoms with Crippen LogP contribution in [-0.4, -0.2) is 16.9 Å². The summed E-state index contributed by atoms with van der Waals surface area (Å²) in [5.74, 6) is -0.885. The summed E-state index contributed by atoms with van der Waals surface area (Å²) in [4.78, 5) is 23.6. The third-order valence-electron chi connectivity index (χ3n) is 4.00. The van der Waals surface area contributed by atoms with E-state index < -0.39 is 11.4 Å². The average Bonchev–Trinajstić information content (AvgIpc) is 2.70. The van der Waals surface area contributed by atoms with E-state index in [0.717, 1.165) is 12.0 Å². The van der Waals surface area contributed by atoms with Crippen LogP contribution in [-0.2, 0) is 4.79 Å². The van der Waals surface area contributed by atoms with Gasteiger partial charge in [0, 0.05) is 5.56 Å². The molecule has 82 valence electrons. The second-order valence-electron chi connectivity index (χ2n) is 4.74. The van der Waals surface area contributed by atoms with Crippen molar-refractivity contribution in [3.05, 3.63) is 35.4 Å². The fourth-order valence-electron chi connectivity index (χ4n) is 3.13. The number of ketones is 1. The Hall–Kier alpha value is -1.64. The normalized spacial score (nSPS) is 31.2. The van der Waals surface area contributed by atoms with Gasteiger partial charge in [-0.3, -0.25) is 9.59 Å². The molecule has 1 aromatic rings. The van der Waals surface area contributed by atoms with Crippen LogP contribution in [0.5, 0.6) is 0 Å². The Labute approximate surface area is 93.1 Å². The van der Waals surface area contributed by atoms with E-state index in [1.54, 1.807) is 12.1 Å². The third-order valence-corrected chi connectivity index (χ3v) is 4.00. The van der Waals surface area contributed by atoms with Crippen molar-refractivity contribution in [2.24, 2.45) is 5.41 Å². The Morgan fingerprint density at radius 1 is 1.38 bits per heavy atom. The van der Waals surface area contributed by atoms with Crippen molar-refractivity contribution in [1.29, 1.82) is 0 Å². The van der Waals surface area contributed by atoms with Crippen molar-refractivity contribution in [3.8, 4) is 0 Å². The first-order valence-electron chi connectivity index (χ1n) is 5.52. The molecule has 2 bridgehead atoms. The van der Waals surface area contributed by atoms with Gasteiger partial charge in [-0.1, -0.05) is 24.3 Å². The molecule has 0 spiro atoms. The summed E-state index contributed by atoms with van der Waals surface area (Å²) in [7, 11) is 0. The van der Waals surface area contributed by atoms with Crippen molar-refractivity contribution in [3.63, 3.8) is 0 Å². The van der Waals surface area contributed by atoms with Crippen molar-refractivity contribution in [2.75, 3.05) is 0 Å². The van der Waals surface area contributed by atoms with Gasteiger partial charge >= 0.3 is 5.97 Å². The highest BCUT2D eigenvalue weighted by Gasteiger charge is 2.55. The Morgan fingerprint density at radius 2 is 2.12 bits per heavy atom. The zero-order valence-electron chi connectivity index (χ0n) is 8.77. The van der Waals surface area contributed by atoms with E-state index in [1.807, 2.05) is 12.1 Å². The summed E-state index contributed by atoms with van der Waals surface area (Å²) in [5.41, 5.74) is 0.541. The minimum Gasteiger partial charge on any atom is -0.480 e. The van der Waals surface area contributed by atoms with Gasteiger partial charge in [0.1, 0.15) is 5.41 Å². The highest BCUT2D eigenvalue weighted by Crippen LogP contribution is 2.53. The quantitative estimate of drug-likeness (QED) is 0.732. The fraction of sp³-hybridized carbons (Fsp3) is 0.385. The maximum absolute atomic E-state index is 12.3. The number of carbonyl (C=O) groups is 2. The van der Waals surface area contributed by atoms with E-state index >= 15 is 0 Å². The van der Waals surface area contributed by atoms with Crippen LogP contribution in [0, 0.1) is 5.41 Å². The van der Waals surface area contributed by atoms with Crippen molar-refractivity contribution >= 4 is 11.8 Å². The zero-order chi connectivity index (χ0) is 11.3. The van der Waals surface area contributed by atoms with Gasteiger partial charge in [-0.05, 0) is 30.7 Å². The summed E-state index contributed by atoms with van der Waals surface area (Å²) < 4.78 is 0. The van der Waals surface area contributed by atoms with E-state index in [1.165, 1.54) is 0 Å². The summed E-state index contributed by atoms with van der Waals surface area (Å²) in [6.07, 6.45) is 1.79. The molecular formula is C13H12O3. The van der Waals surface area contributed by atoms with Crippen LogP contribution < -0.4 is 0 Å². The van der Waals surface area contributed by atoms with Gasteiger partial charge in [0.05, 0.1) is 0 Å². The van der Waals surface area contributed by atoms with E-state index in [0.29, 0.717) is 18.4 Å². The number of carbonyl (C=O) groups excluding carboxylic acids is 1. The monoisotopic (exact) mass is 216 g/mol. The maximum atomic E-state index is 12.3. The molecule has 0 aromatic heterocycles. The summed E-state index contributed by atoms with van der Waals surface area (Å²) >= 11 is 0. The molecule has 0 aliphatic heterocycles. The van der Waals surface area contributed by atoms with E-state index in [9.17, 15) is 14.7 Å². The molecule has 1 saturated carbocycles. The largest absolute Gasteiger partial charge is 0.480 e. The lowest BCUT2D eigenvalue weighted by Crippen LogP contribution is -2.39. The first kappa shape index (κ1) is 9.58. The molecule has 2 unspecified atom stereocenters.